The summed E-state index contributed by atoms with van der Waals surface area (Å²) in [4.78, 5) is 27.7. The molecule has 0 fully saturated rings. The summed E-state index contributed by atoms with van der Waals surface area (Å²) in [5.41, 5.74) is 2.69. The van der Waals surface area contributed by atoms with Gasteiger partial charge in [-0.3, -0.25) is 9.59 Å². The molecule has 4 rings (SSSR count). The number of aliphatic hydroxyl groups excluding tert-OH is 1. The topological polar surface area (TPSA) is 76.1 Å². The molecule has 0 aromatic heterocycles. The zero-order valence-electron chi connectivity index (χ0n) is 20.2. The first-order chi connectivity index (χ1) is 17.6. The smallest absolute Gasteiger partial charge is 0.290 e. The standard InChI is InChI=1S/C30H29NO5/c1-35-20-8-19-31-28(24-14-16-25(17-15-24)36-21-23-11-6-3-7-12-23)27(29(33)30(31)34)26(32)18-13-22-9-4-2-5-10-22/h2-7,9-18,28,33H,8,19-21H2,1H3/b18-13+. The van der Waals surface area contributed by atoms with Crippen LogP contribution in [0.5, 0.6) is 5.75 Å². The van der Waals surface area contributed by atoms with Crippen LogP contribution < -0.4 is 4.74 Å². The van der Waals surface area contributed by atoms with E-state index in [4.69, 9.17) is 9.47 Å². The molecule has 3 aromatic carbocycles. The van der Waals surface area contributed by atoms with Crippen LogP contribution in [0.4, 0.5) is 0 Å². The van der Waals surface area contributed by atoms with Crippen LogP contribution in [0.25, 0.3) is 6.08 Å². The highest BCUT2D eigenvalue weighted by atomic mass is 16.5. The molecule has 6 heteroatoms. The first-order valence-corrected chi connectivity index (χ1v) is 11.9. The van der Waals surface area contributed by atoms with Crippen molar-refractivity contribution in [3.63, 3.8) is 0 Å². The van der Waals surface area contributed by atoms with Crippen LogP contribution in [0, 0.1) is 0 Å². The number of hydrogen-bond acceptors (Lipinski definition) is 5. The number of ether oxygens (including phenoxy) is 2. The van der Waals surface area contributed by atoms with Crippen molar-refractivity contribution in [2.24, 2.45) is 0 Å². The SMILES string of the molecule is COCCCN1C(=O)C(O)=C(C(=O)/C=C/c2ccccc2)C1c1ccc(OCc2ccccc2)cc1. The Balaban J connectivity index is 1.58. The maximum absolute atomic E-state index is 13.2. The fourth-order valence-corrected chi connectivity index (χ4v) is 4.17. The number of carbonyl (C=O) groups is 2. The summed E-state index contributed by atoms with van der Waals surface area (Å²) < 4.78 is 11.0. The predicted octanol–water partition coefficient (Wildman–Crippen LogP) is 5.28. The minimum Gasteiger partial charge on any atom is -0.503 e. The molecule has 6 nitrogen and oxygen atoms in total. The maximum Gasteiger partial charge on any atom is 0.290 e. The van der Waals surface area contributed by atoms with Crippen LogP contribution in [0.3, 0.4) is 0 Å². The van der Waals surface area contributed by atoms with Gasteiger partial charge >= 0.3 is 0 Å². The van der Waals surface area contributed by atoms with Crippen molar-refractivity contribution in [1.29, 1.82) is 0 Å². The Bertz CT molecular complexity index is 1230. The molecule has 1 aliphatic rings. The van der Waals surface area contributed by atoms with E-state index in [-0.39, 0.29) is 5.57 Å². The van der Waals surface area contributed by atoms with Gasteiger partial charge in [-0.1, -0.05) is 78.9 Å². The Hall–Kier alpha value is -4.16. The highest BCUT2D eigenvalue weighted by Gasteiger charge is 2.42. The molecule has 1 N–H and O–H groups in total. The summed E-state index contributed by atoms with van der Waals surface area (Å²) in [6.07, 6.45) is 3.65. The fourth-order valence-electron chi connectivity index (χ4n) is 4.17. The highest BCUT2D eigenvalue weighted by molar-refractivity contribution is 6.14. The van der Waals surface area contributed by atoms with Crippen molar-refractivity contribution in [2.75, 3.05) is 20.3 Å². The molecule has 0 radical (unpaired) electrons. The molecular weight excluding hydrogens is 454 g/mol. The van der Waals surface area contributed by atoms with E-state index in [1.807, 2.05) is 84.9 Å². The predicted molar refractivity (Wildman–Crippen MR) is 138 cm³/mol. The molecule has 36 heavy (non-hydrogen) atoms. The van der Waals surface area contributed by atoms with Crippen molar-refractivity contribution in [1.82, 2.24) is 4.90 Å². The van der Waals surface area contributed by atoms with E-state index in [0.29, 0.717) is 37.5 Å². The molecule has 0 saturated heterocycles. The summed E-state index contributed by atoms with van der Waals surface area (Å²) >= 11 is 0. The van der Waals surface area contributed by atoms with Gasteiger partial charge in [0.05, 0.1) is 11.6 Å². The van der Waals surface area contributed by atoms with E-state index in [9.17, 15) is 14.7 Å². The van der Waals surface area contributed by atoms with Crippen LogP contribution in [-0.2, 0) is 20.9 Å². The Labute approximate surface area is 211 Å². The number of aliphatic hydroxyl groups is 1. The molecule has 0 saturated carbocycles. The molecule has 184 valence electrons. The molecule has 0 bridgehead atoms. The zero-order valence-corrected chi connectivity index (χ0v) is 20.2. The number of benzene rings is 3. The molecule has 0 spiro atoms. The maximum atomic E-state index is 13.2. The number of hydrogen-bond donors (Lipinski definition) is 1. The number of rotatable bonds is 11. The van der Waals surface area contributed by atoms with Crippen LogP contribution in [0.2, 0.25) is 0 Å². The number of allylic oxidation sites excluding steroid dienone is 1. The van der Waals surface area contributed by atoms with Crippen molar-refractivity contribution in [2.45, 2.75) is 19.1 Å². The van der Waals surface area contributed by atoms with Gasteiger partial charge in [0.25, 0.3) is 5.91 Å². The summed E-state index contributed by atoms with van der Waals surface area (Å²) in [6, 6.07) is 25.8. The van der Waals surface area contributed by atoms with Gasteiger partial charge in [0.1, 0.15) is 12.4 Å². The number of nitrogens with zero attached hydrogens (tertiary/aromatic N) is 1. The number of ketones is 1. The lowest BCUT2D eigenvalue weighted by Crippen LogP contribution is -2.32. The molecule has 1 atom stereocenters. The minimum atomic E-state index is -0.703. The molecule has 0 aliphatic carbocycles. The third-order valence-corrected chi connectivity index (χ3v) is 5.99. The second kappa shape index (κ2) is 12.0. The first kappa shape index (κ1) is 24.9. The van der Waals surface area contributed by atoms with Gasteiger partial charge in [-0.25, -0.2) is 0 Å². The van der Waals surface area contributed by atoms with E-state index in [0.717, 1.165) is 11.1 Å². The minimum absolute atomic E-state index is 0.0718. The quantitative estimate of drug-likeness (QED) is 0.297. The normalized spacial score (nSPS) is 15.6. The largest absolute Gasteiger partial charge is 0.503 e. The summed E-state index contributed by atoms with van der Waals surface area (Å²) in [5, 5.41) is 10.7. The molecule has 1 unspecified atom stereocenters. The molecule has 1 aliphatic heterocycles. The van der Waals surface area contributed by atoms with Gasteiger partial charge in [0, 0.05) is 20.3 Å². The van der Waals surface area contributed by atoms with Crippen LogP contribution in [-0.4, -0.2) is 42.0 Å². The van der Waals surface area contributed by atoms with E-state index in [1.54, 1.807) is 13.2 Å². The average Bonchev–Trinajstić information content (AvgIpc) is 3.17. The zero-order chi connectivity index (χ0) is 25.3. The van der Waals surface area contributed by atoms with Gasteiger partial charge in [-0.2, -0.15) is 0 Å². The summed E-state index contributed by atoms with van der Waals surface area (Å²) in [6.45, 7) is 1.23. The third kappa shape index (κ3) is 5.90. The Morgan fingerprint density at radius 3 is 2.31 bits per heavy atom. The van der Waals surface area contributed by atoms with E-state index >= 15 is 0 Å². The number of methoxy groups -OCH3 is 1. The lowest BCUT2D eigenvalue weighted by atomic mass is 9.95. The molecule has 1 amide bonds. The Morgan fingerprint density at radius 2 is 1.64 bits per heavy atom. The second-order valence-corrected chi connectivity index (χ2v) is 8.46. The molecule has 1 heterocycles. The van der Waals surface area contributed by atoms with Crippen molar-refractivity contribution in [3.8, 4) is 5.75 Å². The lowest BCUT2D eigenvalue weighted by molar-refractivity contribution is -0.129. The Morgan fingerprint density at radius 1 is 0.972 bits per heavy atom. The summed E-state index contributed by atoms with van der Waals surface area (Å²) in [5.74, 6) is -0.808. The van der Waals surface area contributed by atoms with Gasteiger partial charge in [0.15, 0.2) is 11.5 Å². The highest BCUT2D eigenvalue weighted by Crippen LogP contribution is 2.38. The average molecular weight is 484 g/mol. The van der Waals surface area contributed by atoms with Gasteiger partial charge < -0.3 is 19.5 Å². The van der Waals surface area contributed by atoms with Crippen molar-refractivity contribution < 1.29 is 24.2 Å². The second-order valence-electron chi connectivity index (χ2n) is 8.46. The van der Waals surface area contributed by atoms with Crippen LogP contribution >= 0.6 is 0 Å². The van der Waals surface area contributed by atoms with Crippen LogP contribution in [0.15, 0.2) is 102 Å². The van der Waals surface area contributed by atoms with Crippen molar-refractivity contribution in [3.05, 3.63) is 119 Å². The van der Waals surface area contributed by atoms with Gasteiger partial charge in [-0.15, -0.1) is 0 Å². The van der Waals surface area contributed by atoms with Crippen molar-refractivity contribution >= 4 is 17.8 Å². The van der Waals surface area contributed by atoms with Gasteiger partial charge in [-0.05, 0) is 41.3 Å². The van der Waals surface area contributed by atoms with Gasteiger partial charge in [0.2, 0.25) is 0 Å². The van der Waals surface area contributed by atoms with E-state index < -0.39 is 23.5 Å². The lowest BCUT2D eigenvalue weighted by Gasteiger charge is -2.26. The molecule has 3 aromatic rings. The fraction of sp³-hybridized carbons (Fsp3) is 0.200. The monoisotopic (exact) mass is 483 g/mol. The first-order valence-electron chi connectivity index (χ1n) is 11.9. The number of carbonyl (C=O) groups excluding carboxylic acids is 2. The molecular formula is C30H29NO5. The van der Waals surface area contributed by atoms with E-state index in [2.05, 4.69) is 0 Å². The Kier molecular flexibility index (Phi) is 8.32. The van der Waals surface area contributed by atoms with E-state index in [1.165, 1.54) is 11.0 Å². The number of amides is 1. The summed E-state index contributed by atoms with van der Waals surface area (Å²) in [7, 11) is 1.59. The van der Waals surface area contributed by atoms with Crippen LogP contribution in [0.1, 0.15) is 29.2 Å². The third-order valence-electron chi connectivity index (χ3n) is 5.99.